The number of nitrogens with one attached hydrogen (secondary N) is 1. The number of aromatic nitrogens is 1. The Morgan fingerprint density at radius 2 is 2.06 bits per heavy atom. The summed E-state index contributed by atoms with van der Waals surface area (Å²) in [6, 6.07) is 3.40. The summed E-state index contributed by atoms with van der Waals surface area (Å²) in [5.41, 5.74) is 1.50. The van der Waals surface area contributed by atoms with E-state index in [-0.39, 0.29) is 17.8 Å². The number of aromatic hydroxyl groups is 1. The van der Waals surface area contributed by atoms with Crippen molar-refractivity contribution < 1.29 is 10.2 Å². The Hall–Kier alpha value is -1.13. The van der Waals surface area contributed by atoms with Gasteiger partial charge in [0.05, 0.1) is 11.8 Å². The molecule has 0 aliphatic carbocycles. The zero-order valence-electron chi connectivity index (χ0n) is 10.1. The molecule has 4 nitrogen and oxygen atoms in total. The summed E-state index contributed by atoms with van der Waals surface area (Å²) < 4.78 is 0. The molecule has 1 aromatic rings. The molecular weight excluding hydrogens is 204 g/mol. The lowest BCUT2D eigenvalue weighted by Crippen LogP contribution is -2.30. The predicted molar refractivity (Wildman–Crippen MR) is 63.2 cm³/mol. The monoisotopic (exact) mass is 224 g/mol. The van der Waals surface area contributed by atoms with Crippen molar-refractivity contribution in [3.8, 4) is 5.75 Å². The van der Waals surface area contributed by atoms with E-state index in [0.29, 0.717) is 18.8 Å². The highest BCUT2D eigenvalue weighted by atomic mass is 16.3. The number of pyridine rings is 1. The maximum absolute atomic E-state index is 9.58. The van der Waals surface area contributed by atoms with Gasteiger partial charge >= 0.3 is 0 Å². The van der Waals surface area contributed by atoms with Crippen LogP contribution in [0.2, 0.25) is 0 Å². The second-order valence-corrected chi connectivity index (χ2v) is 4.36. The largest absolute Gasteiger partial charge is 0.506 e. The Labute approximate surface area is 96.3 Å². The van der Waals surface area contributed by atoms with Gasteiger partial charge in [-0.2, -0.15) is 0 Å². The fourth-order valence-corrected chi connectivity index (χ4v) is 1.31. The van der Waals surface area contributed by atoms with Gasteiger partial charge in [0.15, 0.2) is 0 Å². The van der Waals surface area contributed by atoms with Gasteiger partial charge in [-0.25, -0.2) is 0 Å². The van der Waals surface area contributed by atoms with E-state index in [1.165, 1.54) is 0 Å². The Morgan fingerprint density at radius 3 is 2.69 bits per heavy atom. The summed E-state index contributed by atoms with van der Waals surface area (Å²) in [5.74, 6) is 0.420. The molecule has 3 N–H and O–H groups in total. The first-order chi connectivity index (χ1) is 7.50. The predicted octanol–water partition coefficient (Wildman–Crippen LogP) is 1.20. The van der Waals surface area contributed by atoms with Crippen LogP contribution in [0.4, 0.5) is 0 Å². The van der Waals surface area contributed by atoms with E-state index in [9.17, 15) is 10.2 Å². The highest BCUT2D eigenvalue weighted by Gasteiger charge is 2.09. The van der Waals surface area contributed by atoms with Crippen LogP contribution in [0.5, 0.6) is 5.75 Å². The van der Waals surface area contributed by atoms with Crippen LogP contribution in [0.15, 0.2) is 12.1 Å². The van der Waals surface area contributed by atoms with Gasteiger partial charge in [0.25, 0.3) is 0 Å². The molecule has 0 radical (unpaired) electrons. The molecule has 0 fully saturated rings. The van der Waals surface area contributed by atoms with Crippen LogP contribution in [-0.4, -0.2) is 27.8 Å². The summed E-state index contributed by atoms with van der Waals surface area (Å²) >= 11 is 0. The first-order valence-electron chi connectivity index (χ1n) is 5.55. The molecule has 4 heteroatoms. The molecule has 90 valence electrons. The van der Waals surface area contributed by atoms with Crippen LogP contribution in [0, 0.1) is 12.8 Å². The first kappa shape index (κ1) is 12.9. The zero-order chi connectivity index (χ0) is 12.1. The normalized spacial score (nSPS) is 13.1. The van der Waals surface area contributed by atoms with Crippen molar-refractivity contribution in [3.63, 3.8) is 0 Å². The number of rotatable bonds is 5. The van der Waals surface area contributed by atoms with Crippen LogP contribution in [0.1, 0.15) is 25.2 Å². The SMILES string of the molecule is Cc1ccc(O)c(CNCC(O)C(C)C)n1. The molecule has 0 saturated heterocycles. The van der Waals surface area contributed by atoms with Gasteiger partial charge in [0.2, 0.25) is 0 Å². The molecule has 1 rings (SSSR count). The molecule has 1 heterocycles. The summed E-state index contributed by atoms with van der Waals surface area (Å²) in [4.78, 5) is 4.22. The van der Waals surface area contributed by atoms with Crippen molar-refractivity contribution in [2.75, 3.05) is 6.54 Å². The average molecular weight is 224 g/mol. The average Bonchev–Trinajstić information content (AvgIpc) is 2.22. The zero-order valence-corrected chi connectivity index (χ0v) is 10.1. The lowest BCUT2D eigenvalue weighted by Gasteiger charge is -2.15. The number of aliphatic hydroxyl groups is 1. The van der Waals surface area contributed by atoms with E-state index in [0.717, 1.165) is 5.69 Å². The molecule has 0 aromatic carbocycles. The second-order valence-electron chi connectivity index (χ2n) is 4.36. The summed E-state index contributed by atoms with van der Waals surface area (Å²) in [7, 11) is 0. The minimum atomic E-state index is -0.369. The lowest BCUT2D eigenvalue weighted by atomic mass is 10.1. The van der Waals surface area contributed by atoms with E-state index in [2.05, 4.69) is 10.3 Å². The van der Waals surface area contributed by atoms with Crippen molar-refractivity contribution in [3.05, 3.63) is 23.5 Å². The third-order valence-electron chi connectivity index (χ3n) is 2.50. The van der Waals surface area contributed by atoms with Crippen molar-refractivity contribution >= 4 is 0 Å². The van der Waals surface area contributed by atoms with Gasteiger partial charge in [-0.3, -0.25) is 4.98 Å². The van der Waals surface area contributed by atoms with Gasteiger partial charge in [0.1, 0.15) is 5.75 Å². The van der Waals surface area contributed by atoms with Gasteiger partial charge in [-0.05, 0) is 25.0 Å². The molecule has 1 unspecified atom stereocenters. The van der Waals surface area contributed by atoms with Crippen molar-refractivity contribution in [2.24, 2.45) is 5.92 Å². The van der Waals surface area contributed by atoms with Gasteiger partial charge in [0, 0.05) is 18.8 Å². The highest BCUT2D eigenvalue weighted by molar-refractivity contribution is 5.27. The molecule has 0 aliphatic heterocycles. The first-order valence-corrected chi connectivity index (χ1v) is 5.55. The molecule has 16 heavy (non-hydrogen) atoms. The van der Waals surface area contributed by atoms with Crippen LogP contribution in [0.25, 0.3) is 0 Å². The molecule has 0 spiro atoms. The number of hydrogen-bond acceptors (Lipinski definition) is 4. The molecule has 1 aromatic heterocycles. The molecule has 0 saturated carbocycles. The minimum Gasteiger partial charge on any atom is -0.506 e. The van der Waals surface area contributed by atoms with Gasteiger partial charge in [-0.1, -0.05) is 13.8 Å². The quantitative estimate of drug-likeness (QED) is 0.703. The molecule has 1 atom stereocenters. The lowest BCUT2D eigenvalue weighted by molar-refractivity contribution is 0.123. The van der Waals surface area contributed by atoms with Crippen LogP contribution in [-0.2, 0) is 6.54 Å². The van der Waals surface area contributed by atoms with Crippen LogP contribution in [0.3, 0.4) is 0 Å². The van der Waals surface area contributed by atoms with Crippen molar-refractivity contribution in [1.82, 2.24) is 10.3 Å². The Morgan fingerprint density at radius 1 is 1.38 bits per heavy atom. The third-order valence-corrected chi connectivity index (χ3v) is 2.50. The summed E-state index contributed by atoms with van der Waals surface area (Å²) in [5, 5.41) is 22.2. The van der Waals surface area contributed by atoms with Gasteiger partial charge in [-0.15, -0.1) is 0 Å². The number of aryl methyl sites for hydroxylation is 1. The number of nitrogens with zero attached hydrogens (tertiary/aromatic N) is 1. The molecular formula is C12H20N2O2. The fraction of sp³-hybridized carbons (Fsp3) is 0.583. The van der Waals surface area contributed by atoms with Crippen molar-refractivity contribution in [1.29, 1.82) is 0 Å². The van der Waals surface area contributed by atoms with Crippen molar-refractivity contribution in [2.45, 2.75) is 33.4 Å². The van der Waals surface area contributed by atoms with E-state index in [1.807, 2.05) is 20.8 Å². The number of aliphatic hydroxyl groups excluding tert-OH is 1. The highest BCUT2D eigenvalue weighted by Crippen LogP contribution is 2.14. The van der Waals surface area contributed by atoms with E-state index >= 15 is 0 Å². The molecule has 0 aliphatic rings. The minimum absolute atomic E-state index is 0.192. The maximum atomic E-state index is 9.58. The third kappa shape index (κ3) is 3.79. The molecule has 0 amide bonds. The maximum Gasteiger partial charge on any atom is 0.138 e. The topological polar surface area (TPSA) is 65.4 Å². The van der Waals surface area contributed by atoms with E-state index in [1.54, 1.807) is 12.1 Å². The van der Waals surface area contributed by atoms with E-state index < -0.39 is 0 Å². The van der Waals surface area contributed by atoms with Crippen LogP contribution >= 0.6 is 0 Å². The Balaban J connectivity index is 2.45. The van der Waals surface area contributed by atoms with Crippen LogP contribution < -0.4 is 5.32 Å². The smallest absolute Gasteiger partial charge is 0.138 e. The summed E-state index contributed by atoms with van der Waals surface area (Å²) in [6.45, 7) is 6.79. The molecule has 0 bridgehead atoms. The van der Waals surface area contributed by atoms with Gasteiger partial charge < -0.3 is 15.5 Å². The Kier molecular flexibility index (Phi) is 4.71. The second kappa shape index (κ2) is 5.82. The van der Waals surface area contributed by atoms with E-state index in [4.69, 9.17) is 0 Å². The summed E-state index contributed by atoms with van der Waals surface area (Å²) in [6.07, 6.45) is -0.369. The fourth-order valence-electron chi connectivity index (χ4n) is 1.31. The number of hydrogen-bond donors (Lipinski definition) is 3. The Bertz CT molecular complexity index is 340. The standard InChI is InChI=1S/C12H20N2O2/c1-8(2)12(16)7-13-6-10-11(15)5-4-9(3)14-10/h4-5,8,12-13,15-16H,6-7H2,1-3H3.